The Balaban J connectivity index is 1.61. The number of hydrogen-bond acceptors (Lipinski definition) is 3. The first-order valence-electron chi connectivity index (χ1n) is 7.32. The highest BCUT2D eigenvalue weighted by Gasteiger charge is 2.32. The van der Waals surface area contributed by atoms with Gasteiger partial charge in [0, 0.05) is 6.04 Å². The molecule has 0 heterocycles. The summed E-state index contributed by atoms with van der Waals surface area (Å²) in [5.41, 5.74) is 2.56. The van der Waals surface area contributed by atoms with Gasteiger partial charge in [0.15, 0.2) is 0 Å². The van der Waals surface area contributed by atoms with E-state index < -0.39 is 0 Å². The Kier molecular flexibility index (Phi) is 3.50. The van der Waals surface area contributed by atoms with E-state index >= 15 is 0 Å². The third kappa shape index (κ3) is 3.10. The summed E-state index contributed by atoms with van der Waals surface area (Å²) in [6.45, 7) is 2.64. The fourth-order valence-electron chi connectivity index (χ4n) is 2.73. The van der Waals surface area contributed by atoms with Crippen molar-refractivity contribution in [2.45, 2.75) is 50.6 Å². The van der Waals surface area contributed by atoms with E-state index in [2.05, 4.69) is 23.5 Å². The van der Waals surface area contributed by atoms with Gasteiger partial charge in [0.2, 0.25) is 0 Å². The van der Waals surface area contributed by atoms with Crippen LogP contribution in [0.15, 0.2) is 18.2 Å². The number of aryl methyl sites for hydroxylation is 2. The van der Waals surface area contributed by atoms with Crippen LogP contribution in [0.25, 0.3) is 0 Å². The van der Waals surface area contributed by atoms with Gasteiger partial charge in [0.05, 0.1) is 12.1 Å². The highest BCUT2D eigenvalue weighted by molar-refractivity contribution is 5.38. The molecule has 1 saturated carbocycles. The molecule has 1 aromatic rings. The average molecular weight is 261 g/mol. The first kappa shape index (κ1) is 12.9. The van der Waals surface area contributed by atoms with Crippen LogP contribution in [0, 0.1) is 0 Å². The Morgan fingerprint density at radius 2 is 2.11 bits per heavy atom. The maximum Gasteiger partial charge on any atom is 0.119 e. The van der Waals surface area contributed by atoms with Crippen LogP contribution in [0.4, 0.5) is 0 Å². The van der Waals surface area contributed by atoms with Gasteiger partial charge in [-0.1, -0.05) is 6.07 Å². The summed E-state index contributed by atoms with van der Waals surface area (Å²) >= 11 is 0. The van der Waals surface area contributed by atoms with E-state index in [1.54, 1.807) is 0 Å². The van der Waals surface area contributed by atoms with E-state index in [0.717, 1.165) is 5.75 Å². The monoisotopic (exact) mass is 261 g/mol. The van der Waals surface area contributed by atoms with Gasteiger partial charge >= 0.3 is 0 Å². The van der Waals surface area contributed by atoms with Crippen LogP contribution in [0.2, 0.25) is 0 Å². The minimum absolute atomic E-state index is 0.106. The average Bonchev–Trinajstić information content (AvgIpc) is 3.10. The van der Waals surface area contributed by atoms with Crippen LogP contribution in [-0.4, -0.2) is 29.9 Å². The normalized spacial score (nSPS) is 20.9. The zero-order chi connectivity index (χ0) is 13.3. The Bertz CT molecular complexity index is 456. The van der Waals surface area contributed by atoms with Gasteiger partial charge in [-0.15, -0.1) is 0 Å². The summed E-state index contributed by atoms with van der Waals surface area (Å²) in [6, 6.07) is 6.97. The number of hydrogen-bond donors (Lipinski definition) is 2. The molecular formula is C16H23NO2. The quantitative estimate of drug-likeness (QED) is 0.823. The van der Waals surface area contributed by atoms with Crippen LogP contribution in [0.5, 0.6) is 5.75 Å². The van der Waals surface area contributed by atoms with Crippen molar-refractivity contribution < 1.29 is 9.84 Å². The minimum Gasteiger partial charge on any atom is -0.492 e. The second-order valence-corrected chi connectivity index (χ2v) is 6.21. The summed E-state index contributed by atoms with van der Waals surface area (Å²) in [5.74, 6) is 0.929. The molecule has 1 fully saturated rings. The van der Waals surface area contributed by atoms with Crippen molar-refractivity contribution in [3.63, 3.8) is 0 Å². The van der Waals surface area contributed by atoms with Crippen molar-refractivity contribution in [1.29, 1.82) is 0 Å². The molecule has 1 unspecified atom stereocenters. The molecule has 3 nitrogen and oxygen atoms in total. The van der Waals surface area contributed by atoms with Crippen molar-refractivity contribution in [2.24, 2.45) is 0 Å². The molecule has 1 aromatic carbocycles. The standard InChI is InChI=1S/C16H23NO2/c1-16(10-18,17-14-6-7-14)11-19-15-8-5-12-3-2-4-13(12)9-15/h5,8-9,14,17-18H,2-4,6-7,10-11H2,1H3. The number of fused-ring (bicyclic) bond motifs is 1. The van der Waals surface area contributed by atoms with Crippen molar-refractivity contribution in [1.82, 2.24) is 5.32 Å². The van der Waals surface area contributed by atoms with Crippen LogP contribution in [0.1, 0.15) is 37.3 Å². The predicted octanol–water partition coefficient (Wildman–Crippen LogP) is 2.06. The molecule has 0 spiro atoms. The Morgan fingerprint density at radius 1 is 1.32 bits per heavy atom. The SMILES string of the molecule is CC(CO)(COc1ccc2c(c1)CCC2)NC1CC1. The van der Waals surface area contributed by atoms with Gasteiger partial charge in [0.1, 0.15) is 12.4 Å². The molecule has 2 N–H and O–H groups in total. The largest absolute Gasteiger partial charge is 0.492 e. The summed E-state index contributed by atoms with van der Waals surface area (Å²) in [5, 5.41) is 13.0. The Labute approximate surface area is 115 Å². The number of nitrogens with one attached hydrogen (secondary N) is 1. The zero-order valence-electron chi connectivity index (χ0n) is 11.6. The van der Waals surface area contributed by atoms with Gasteiger partial charge in [-0.3, -0.25) is 0 Å². The summed E-state index contributed by atoms with van der Waals surface area (Å²) in [4.78, 5) is 0. The molecule has 19 heavy (non-hydrogen) atoms. The second kappa shape index (κ2) is 5.14. The Hall–Kier alpha value is -1.06. The number of ether oxygens (including phenoxy) is 1. The summed E-state index contributed by atoms with van der Waals surface area (Å²) < 4.78 is 5.89. The molecule has 2 aliphatic carbocycles. The molecule has 0 aromatic heterocycles. The molecule has 0 saturated heterocycles. The molecule has 3 rings (SSSR count). The van der Waals surface area contributed by atoms with Gasteiger partial charge in [-0.05, 0) is 62.3 Å². The van der Waals surface area contributed by atoms with E-state index in [9.17, 15) is 5.11 Å². The predicted molar refractivity (Wildman–Crippen MR) is 75.6 cm³/mol. The fraction of sp³-hybridized carbons (Fsp3) is 0.625. The van der Waals surface area contributed by atoms with Crippen LogP contribution < -0.4 is 10.1 Å². The van der Waals surface area contributed by atoms with E-state index in [1.165, 1.54) is 43.2 Å². The number of rotatable bonds is 6. The fourth-order valence-corrected chi connectivity index (χ4v) is 2.73. The molecular weight excluding hydrogens is 238 g/mol. The third-order valence-electron chi connectivity index (χ3n) is 4.11. The second-order valence-electron chi connectivity index (χ2n) is 6.21. The highest BCUT2D eigenvalue weighted by Crippen LogP contribution is 2.27. The van der Waals surface area contributed by atoms with Crippen molar-refractivity contribution in [3.8, 4) is 5.75 Å². The molecule has 104 valence electrons. The van der Waals surface area contributed by atoms with Gasteiger partial charge in [-0.2, -0.15) is 0 Å². The highest BCUT2D eigenvalue weighted by atomic mass is 16.5. The molecule has 0 bridgehead atoms. The topological polar surface area (TPSA) is 41.5 Å². The first-order chi connectivity index (χ1) is 9.18. The van der Waals surface area contributed by atoms with E-state index in [0.29, 0.717) is 12.6 Å². The van der Waals surface area contributed by atoms with Crippen molar-refractivity contribution in [3.05, 3.63) is 29.3 Å². The molecule has 0 radical (unpaired) electrons. The number of benzene rings is 1. The van der Waals surface area contributed by atoms with E-state index in [4.69, 9.17) is 4.74 Å². The maximum atomic E-state index is 9.55. The number of aliphatic hydroxyl groups is 1. The molecule has 0 aliphatic heterocycles. The van der Waals surface area contributed by atoms with Gasteiger partial charge in [-0.25, -0.2) is 0 Å². The van der Waals surface area contributed by atoms with Crippen LogP contribution in [-0.2, 0) is 12.8 Å². The van der Waals surface area contributed by atoms with Gasteiger partial charge in [0.25, 0.3) is 0 Å². The number of aliphatic hydroxyl groups excluding tert-OH is 1. The summed E-state index contributed by atoms with van der Waals surface area (Å²) in [6.07, 6.45) is 6.07. The van der Waals surface area contributed by atoms with E-state index in [-0.39, 0.29) is 12.1 Å². The van der Waals surface area contributed by atoms with Crippen LogP contribution in [0.3, 0.4) is 0 Å². The first-order valence-corrected chi connectivity index (χ1v) is 7.32. The lowest BCUT2D eigenvalue weighted by Crippen LogP contribution is -2.51. The zero-order valence-corrected chi connectivity index (χ0v) is 11.6. The van der Waals surface area contributed by atoms with Crippen molar-refractivity contribution in [2.75, 3.05) is 13.2 Å². The van der Waals surface area contributed by atoms with Crippen LogP contribution >= 0.6 is 0 Å². The molecule has 2 aliphatic rings. The van der Waals surface area contributed by atoms with E-state index in [1.807, 2.05) is 6.92 Å². The Morgan fingerprint density at radius 3 is 2.84 bits per heavy atom. The maximum absolute atomic E-state index is 9.55. The lowest BCUT2D eigenvalue weighted by Gasteiger charge is -2.29. The lowest BCUT2D eigenvalue weighted by atomic mass is 10.1. The molecule has 0 amide bonds. The molecule has 1 atom stereocenters. The van der Waals surface area contributed by atoms with Gasteiger partial charge < -0.3 is 15.2 Å². The summed E-state index contributed by atoms with van der Waals surface area (Å²) in [7, 11) is 0. The lowest BCUT2D eigenvalue weighted by molar-refractivity contribution is 0.114. The minimum atomic E-state index is -0.333. The van der Waals surface area contributed by atoms with Crippen molar-refractivity contribution >= 4 is 0 Å². The smallest absolute Gasteiger partial charge is 0.119 e. The molecule has 3 heteroatoms. The third-order valence-corrected chi connectivity index (χ3v) is 4.11.